The molecule has 1 aliphatic carbocycles. The summed E-state index contributed by atoms with van der Waals surface area (Å²) in [5.74, 6) is 0.622. The summed E-state index contributed by atoms with van der Waals surface area (Å²) >= 11 is 0. The van der Waals surface area contributed by atoms with Gasteiger partial charge in [0.15, 0.2) is 0 Å². The maximum Gasteiger partial charge on any atom is 0.234 e. The maximum absolute atomic E-state index is 13.8. The lowest BCUT2D eigenvalue weighted by Gasteiger charge is -2.35. The first kappa shape index (κ1) is 17.2. The summed E-state index contributed by atoms with van der Waals surface area (Å²) in [6, 6.07) is 6.90. The van der Waals surface area contributed by atoms with E-state index in [1.54, 1.807) is 6.07 Å². The maximum atomic E-state index is 13.8. The normalized spacial score (nSPS) is 20.1. The predicted octanol–water partition coefficient (Wildman–Crippen LogP) is 2.64. The summed E-state index contributed by atoms with van der Waals surface area (Å²) in [4.78, 5) is 16.4. The van der Waals surface area contributed by atoms with Gasteiger partial charge in [-0.2, -0.15) is 0 Å². The molecule has 1 saturated carbocycles. The van der Waals surface area contributed by atoms with E-state index in [4.69, 9.17) is 0 Å². The topological polar surface area (TPSA) is 35.6 Å². The number of carbonyl (C=O) groups excluding carboxylic acids is 1. The number of benzene rings is 1. The summed E-state index contributed by atoms with van der Waals surface area (Å²) in [5, 5.41) is 3.10. The van der Waals surface area contributed by atoms with Crippen molar-refractivity contribution >= 4 is 11.6 Å². The Bertz CT molecular complexity index is 537. The van der Waals surface area contributed by atoms with Gasteiger partial charge < -0.3 is 10.2 Å². The highest BCUT2D eigenvalue weighted by Gasteiger charge is 2.21. The van der Waals surface area contributed by atoms with Gasteiger partial charge in [-0.05, 0) is 30.9 Å². The molecule has 0 radical (unpaired) electrons. The number of carbonyl (C=O) groups is 1. The molecule has 0 unspecified atom stereocenters. The van der Waals surface area contributed by atoms with E-state index in [0.717, 1.165) is 32.7 Å². The van der Waals surface area contributed by atoms with E-state index < -0.39 is 0 Å². The van der Waals surface area contributed by atoms with Crippen molar-refractivity contribution in [3.63, 3.8) is 0 Å². The summed E-state index contributed by atoms with van der Waals surface area (Å²) < 4.78 is 13.8. The lowest BCUT2D eigenvalue weighted by atomic mass is 9.89. The van der Waals surface area contributed by atoms with Crippen LogP contribution in [0.5, 0.6) is 0 Å². The molecule has 2 aliphatic rings. The Balaban J connectivity index is 1.38. The molecule has 24 heavy (non-hydrogen) atoms. The van der Waals surface area contributed by atoms with Gasteiger partial charge in [0.25, 0.3) is 0 Å². The zero-order valence-electron chi connectivity index (χ0n) is 14.3. The Morgan fingerprint density at radius 3 is 2.50 bits per heavy atom. The lowest BCUT2D eigenvalue weighted by molar-refractivity contribution is -0.122. The Morgan fingerprint density at radius 2 is 1.79 bits per heavy atom. The molecular weight excluding hydrogens is 305 g/mol. The molecule has 0 spiro atoms. The third-order valence-electron chi connectivity index (χ3n) is 5.25. The van der Waals surface area contributed by atoms with Crippen molar-refractivity contribution in [1.29, 1.82) is 0 Å². The molecule has 1 aliphatic heterocycles. The van der Waals surface area contributed by atoms with Crippen molar-refractivity contribution in [2.24, 2.45) is 5.92 Å². The van der Waals surface area contributed by atoms with E-state index in [2.05, 4.69) is 15.1 Å². The Labute approximate surface area is 144 Å². The standard InChI is InChI=1S/C19H28FN3O/c20-17-8-4-5-9-18(17)23-12-10-22(11-13-23)15-19(24)21-14-16-6-2-1-3-7-16/h4-5,8-9,16H,1-3,6-7,10-15H2,(H,21,24). The average Bonchev–Trinajstić information content (AvgIpc) is 2.62. The molecule has 0 bridgehead atoms. The van der Waals surface area contributed by atoms with Crippen LogP contribution >= 0.6 is 0 Å². The van der Waals surface area contributed by atoms with Crippen LogP contribution in [-0.4, -0.2) is 50.1 Å². The van der Waals surface area contributed by atoms with Crippen LogP contribution in [0, 0.1) is 11.7 Å². The van der Waals surface area contributed by atoms with Crippen LogP contribution < -0.4 is 10.2 Å². The van der Waals surface area contributed by atoms with Crippen molar-refractivity contribution in [2.45, 2.75) is 32.1 Å². The smallest absolute Gasteiger partial charge is 0.234 e. The van der Waals surface area contributed by atoms with Crippen LogP contribution in [0.1, 0.15) is 32.1 Å². The minimum absolute atomic E-state index is 0.125. The van der Waals surface area contributed by atoms with E-state index in [9.17, 15) is 9.18 Å². The van der Waals surface area contributed by atoms with Gasteiger partial charge in [0, 0.05) is 32.7 Å². The van der Waals surface area contributed by atoms with Crippen LogP contribution in [0.25, 0.3) is 0 Å². The van der Waals surface area contributed by atoms with Crippen LogP contribution in [0.2, 0.25) is 0 Å². The van der Waals surface area contributed by atoms with Crippen molar-refractivity contribution in [3.8, 4) is 0 Å². The first-order valence-corrected chi connectivity index (χ1v) is 9.21. The monoisotopic (exact) mass is 333 g/mol. The number of rotatable bonds is 5. The number of nitrogens with zero attached hydrogens (tertiary/aromatic N) is 2. The molecule has 0 atom stereocenters. The molecule has 132 valence electrons. The highest BCUT2D eigenvalue weighted by atomic mass is 19.1. The molecule has 1 N–H and O–H groups in total. The lowest BCUT2D eigenvalue weighted by Crippen LogP contribution is -2.50. The molecule has 1 aromatic carbocycles. The quantitative estimate of drug-likeness (QED) is 0.900. The Morgan fingerprint density at radius 1 is 1.08 bits per heavy atom. The van der Waals surface area contributed by atoms with Gasteiger partial charge in [-0.25, -0.2) is 4.39 Å². The molecular formula is C19H28FN3O. The molecule has 5 heteroatoms. The minimum Gasteiger partial charge on any atom is -0.367 e. The van der Waals surface area contributed by atoms with E-state index in [1.807, 2.05) is 12.1 Å². The molecule has 4 nitrogen and oxygen atoms in total. The fourth-order valence-electron chi connectivity index (χ4n) is 3.76. The van der Waals surface area contributed by atoms with E-state index >= 15 is 0 Å². The van der Waals surface area contributed by atoms with E-state index in [-0.39, 0.29) is 11.7 Å². The average molecular weight is 333 g/mol. The number of para-hydroxylation sites is 1. The number of hydrogen-bond donors (Lipinski definition) is 1. The van der Waals surface area contributed by atoms with Crippen molar-refractivity contribution in [2.75, 3.05) is 44.2 Å². The summed E-state index contributed by atoms with van der Waals surface area (Å²) in [5.41, 5.74) is 0.666. The number of hydrogen-bond acceptors (Lipinski definition) is 3. The van der Waals surface area contributed by atoms with Gasteiger partial charge in [-0.3, -0.25) is 9.69 Å². The van der Waals surface area contributed by atoms with Crippen molar-refractivity contribution in [1.82, 2.24) is 10.2 Å². The van der Waals surface area contributed by atoms with Crippen LogP contribution in [-0.2, 0) is 4.79 Å². The molecule has 2 fully saturated rings. The van der Waals surface area contributed by atoms with Gasteiger partial charge in [0.05, 0.1) is 12.2 Å². The van der Waals surface area contributed by atoms with E-state index in [1.165, 1.54) is 38.2 Å². The number of amides is 1. The van der Waals surface area contributed by atoms with Gasteiger partial charge in [0.2, 0.25) is 5.91 Å². The third-order valence-corrected chi connectivity index (χ3v) is 5.25. The zero-order valence-corrected chi connectivity index (χ0v) is 14.3. The third kappa shape index (κ3) is 4.69. The van der Waals surface area contributed by atoms with Crippen molar-refractivity contribution < 1.29 is 9.18 Å². The highest BCUT2D eigenvalue weighted by molar-refractivity contribution is 5.78. The molecule has 3 rings (SSSR count). The second-order valence-electron chi connectivity index (χ2n) is 7.02. The second-order valence-corrected chi connectivity index (χ2v) is 7.02. The number of piperazine rings is 1. The van der Waals surface area contributed by atoms with Crippen molar-refractivity contribution in [3.05, 3.63) is 30.1 Å². The molecule has 0 aromatic heterocycles. The molecule has 1 saturated heterocycles. The first-order chi connectivity index (χ1) is 11.7. The van der Waals surface area contributed by atoms with E-state index in [0.29, 0.717) is 18.2 Å². The first-order valence-electron chi connectivity index (χ1n) is 9.21. The largest absolute Gasteiger partial charge is 0.367 e. The molecule has 1 heterocycles. The molecule has 1 amide bonds. The number of nitrogens with one attached hydrogen (secondary N) is 1. The van der Waals surface area contributed by atoms with Gasteiger partial charge in [0.1, 0.15) is 5.82 Å². The fraction of sp³-hybridized carbons (Fsp3) is 0.632. The van der Waals surface area contributed by atoms with Crippen LogP contribution in [0.3, 0.4) is 0 Å². The summed E-state index contributed by atoms with van der Waals surface area (Å²) in [7, 11) is 0. The predicted molar refractivity (Wildman–Crippen MR) is 94.6 cm³/mol. The summed E-state index contributed by atoms with van der Waals surface area (Å²) in [6.07, 6.45) is 6.46. The highest BCUT2D eigenvalue weighted by Crippen LogP contribution is 2.23. The SMILES string of the molecule is O=C(CN1CCN(c2ccccc2F)CC1)NCC1CCCCC1. The minimum atomic E-state index is -0.170. The van der Waals surface area contributed by atoms with Gasteiger partial charge in [-0.15, -0.1) is 0 Å². The zero-order chi connectivity index (χ0) is 16.8. The van der Waals surface area contributed by atoms with Gasteiger partial charge in [-0.1, -0.05) is 31.4 Å². The Hall–Kier alpha value is -1.62. The van der Waals surface area contributed by atoms with Crippen LogP contribution in [0.4, 0.5) is 10.1 Å². The Kier molecular flexibility index (Phi) is 6.07. The second kappa shape index (κ2) is 8.47. The van der Waals surface area contributed by atoms with Gasteiger partial charge >= 0.3 is 0 Å². The fourth-order valence-corrected chi connectivity index (χ4v) is 3.76. The number of halogens is 1. The van der Waals surface area contributed by atoms with Crippen LogP contribution in [0.15, 0.2) is 24.3 Å². The number of anilines is 1. The molecule has 1 aromatic rings. The summed E-state index contributed by atoms with van der Waals surface area (Å²) in [6.45, 7) is 4.40.